The van der Waals surface area contributed by atoms with Crippen molar-refractivity contribution in [1.82, 2.24) is 5.23 Å². The Hall–Kier alpha value is -0.235. The lowest BCUT2D eigenvalue weighted by Crippen LogP contribution is -2.44. The zero-order chi connectivity index (χ0) is 16.2. The average molecular weight is 331 g/mol. The van der Waals surface area contributed by atoms with Crippen LogP contribution in [0.15, 0.2) is 0 Å². The van der Waals surface area contributed by atoms with Crippen LogP contribution in [-0.4, -0.2) is 55.4 Å². The number of esters is 1. The molecule has 0 aromatic carbocycles. The Morgan fingerprint density at radius 3 is 2.77 bits per heavy atom. The van der Waals surface area contributed by atoms with Crippen LogP contribution < -0.4 is 5.23 Å². The zero-order valence-corrected chi connectivity index (χ0v) is 14.7. The lowest BCUT2D eigenvalue weighted by molar-refractivity contribution is -0.139. The van der Waals surface area contributed by atoms with Crippen molar-refractivity contribution in [2.45, 2.75) is 51.9 Å². The van der Waals surface area contributed by atoms with E-state index in [9.17, 15) is 9.82 Å². The Kier molecular flexibility index (Phi) is 11.0. The highest BCUT2D eigenvalue weighted by molar-refractivity contribution is 7.99. The smallest absolute Gasteiger partial charge is 0.373 e. The summed E-state index contributed by atoms with van der Waals surface area (Å²) in [5.41, 5.74) is 0. The Bertz CT molecular complexity index is 301. The SMILES string of the molecule is CCOC(=O)CSC[C@@H](COCC1CCCCC1)NB(C)O. The standard InChI is InChI=1S/C15H30BNO4S/c1-3-21-15(18)12-22-11-14(17-16(2)19)10-20-9-13-7-5-4-6-8-13/h13-14,17,19H,3-12H2,1-2H3/t14-/m1/s1. The summed E-state index contributed by atoms with van der Waals surface area (Å²) in [7, 11) is -0.577. The minimum absolute atomic E-state index is 0.0445. The molecule has 0 heterocycles. The normalized spacial score (nSPS) is 17.2. The van der Waals surface area contributed by atoms with Crippen molar-refractivity contribution in [2.75, 3.05) is 31.3 Å². The molecule has 128 valence electrons. The average Bonchev–Trinajstić information content (AvgIpc) is 2.48. The lowest BCUT2D eigenvalue weighted by atomic mass is 9.87. The monoisotopic (exact) mass is 331 g/mol. The molecule has 7 heteroatoms. The highest BCUT2D eigenvalue weighted by Crippen LogP contribution is 2.23. The van der Waals surface area contributed by atoms with E-state index in [-0.39, 0.29) is 12.0 Å². The predicted octanol–water partition coefficient (Wildman–Crippen LogP) is 1.95. The fraction of sp³-hybridized carbons (Fsp3) is 0.933. The van der Waals surface area contributed by atoms with Gasteiger partial charge in [-0.05, 0) is 32.5 Å². The summed E-state index contributed by atoms with van der Waals surface area (Å²) in [5.74, 6) is 1.56. The third kappa shape index (κ3) is 9.72. The molecule has 0 aliphatic heterocycles. The van der Waals surface area contributed by atoms with Crippen LogP contribution in [0.25, 0.3) is 0 Å². The molecule has 0 saturated heterocycles. The Morgan fingerprint density at radius 2 is 2.14 bits per heavy atom. The largest absolute Gasteiger partial charge is 0.465 e. The van der Waals surface area contributed by atoms with Crippen LogP contribution in [0, 0.1) is 5.92 Å². The highest BCUT2D eigenvalue weighted by Gasteiger charge is 2.17. The molecule has 0 radical (unpaired) electrons. The van der Waals surface area contributed by atoms with Crippen molar-refractivity contribution in [3.63, 3.8) is 0 Å². The molecule has 22 heavy (non-hydrogen) atoms. The second kappa shape index (κ2) is 12.2. The number of hydrogen-bond acceptors (Lipinski definition) is 6. The molecule has 1 aliphatic carbocycles. The molecule has 1 aliphatic rings. The van der Waals surface area contributed by atoms with Gasteiger partial charge in [0.05, 0.1) is 19.0 Å². The lowest BCUT2D eigenvalue weighted by Gasteiger charge is -2.24. The van der Waals surface area contributed by atoms with Gasteiger partial charge in [-0.2, -0.15) is 0 Å². The van der Waals surface area contributed by atoms with Gasteiger partial charge in [0, 0.05) is 18.4 Å². The van der Waals surface area contributed by atoms with Crippen molar-refractivity contribution in [2.24, 2.45) is 5.92 Å². The van der Waals surface area contributed by atoms with Gasteiger partial charge in [-0.3, -0.25) is 4.79 Å². The van der Waals surface area contributed by atoms with Gasteiger partial charge in [-0.25, -0.2) is 0 Å². The van der Waals surface area contributed by atoms with Crippen molar-refractivity contribution in [1.29, 1.82) is 0 Å². The van der Waals surface area contributed by atoms with Crippen LogP contribution in [0.5, 0.6) is 0 Å². The summed E-state index contributed by atoms with van der Waals surface area (Å²) >= 11 is 1.51. The van der Waals surface area contributed by atoms with Gasteiger partial charge in [0.1, 0.15) is 0 Å². The van der Waals surface area contributed by atoms with Gasteiger partial charge >= 0.3 is 13.0 Å². The number of thioether (sulfide) groups is 1. The molecule has 1 fully saturated rings. The highest BCUT2D eigenvalue weighted by atomic mass is 32.2. The summed E-state index contributed by atoms with van der Waals surface area (Å²) in [5, 5.41) is 12.6. The Labute approximate surface area is 139 Å². The van der Waals surface area contributed by atoms with E-state index in [2.05, 4.69) is 5.23 Å². The van der Waals surface area contributed by atoms with Crippen LogP contribution in [-0.2, 0) is 14.3 Å². The third-order valence-corrected chi connectivity index (χ3v) is 4.80. The van der Waals surface area contributed by atoms with Crippen molar-refractivity contribution in [3.05, 3.63) is 0 Å². The van der Waals surface area contributed by atoms with Gasteiger partial charge in [-0.15, -0.1) is 11.8 Å². The van der Waals surface area contributed by atoms with Gasteiger partial charge in [0.2, 0.25) is 0 Å². The molecule has 0 aromatic rings. The van der Waals surface area contributed by atoms with E-state index in [1.807, 2.05) is 0 Å². The first-order chi connectivity index (χ1) is 10.6. The van der Waals surface area contributed by atoms with Gasteiger partial charge in [0.15, 0.2) is 0 Å². The van der Waals surface area contributed by atoms with E-state index < -0.39 is 7.05 Å². The number of carbonyl (C=O) groups excluding carboxylic acids is 1. The second-order valence-electron chi connectivity index (χ2n) is 5.90. The van der Waals surface area contributed by atoms with E-state index in [4.69, 9.17) is 9.47 Å². The minimum Gasteiger partial charge on any atom is -0.465 e. The molecular formula is C15H30BNO4S. The summed E-state index contributed by atoms with van der Waals surface area (Å²) in [6.07, 6.45) is 6.53. The maximum atomic E-state index is 11.3. The van der Waals surface area contributed by atoms with Gasteiger partial charge < -0.3 is 19.7 Å². The zero-order valence-electron chi connectivity index (χ0n) is 13.9. The van der Waals surface area contributed by atoms with E-state index in [1.54, 1.807) is 13.7 Å². The van der Waals surface area contributed by atoms with E-state index >= 15 is 0 Å². The minimum atomic E-state index is -0.577. The number of hydrogen-bond donors (Lipinski definition) is 2. The van der Waals surface area contributed by atoms with Gasteiger partial charge in [-0.1, -0.05) is 19.3 Å². The maximum Gasteiger partial charge on any atom is 0.373 e. The van der Waals surface area contributed by atoms with E-state index in [0.29, 0.717) is 30.6 Å². The Balaban J connectivity index is 2.19. The molecule has 0 unspecified atom stereocenters. The first kappa shape index (κ1) is 19.8. The van der Waals surface area contributed by atoms with Crippen molar-refractivity contribution < 1.29 is 19.3 Å². The molecule has 0 spiro atoms. The molecule has 2 N–H and O–H groups in total. The molecule has 1 saturated carbocycles. The van der Waals surface area contributed by atoms with Crippen molar-refractivity contribution >= 4 is 24.8 Å². The number of rotatable bonds is 11. The predicted molar refractivity (Wildman–Crippen MR) is 92.1 cm³/mol. The summed E-state index contributed by atoms with van der Waals surface area (Å²) < 4.78 is 10.7. The fourth-order valence-electron chi connectivity index (χ4n) is 2.70. The molecule has 1 rings (SSSR count). The molecular weight excluding hydrogens is 301 g/mol. The molecule has 1 atom stereocenters. The van der Waals surface area contributed by atoms with Crippen LogP contribution in [0.1, 0.15) is 39.0 Å². The summed E-state index contributed by atoms with van der Waals surface area (Å²) in [4.78, 5) is 11.3. The summed E-state index contributed by atoms with van der Waals surface area (Å²) in [6, 6.07) is 0.0445. The fourth-order valence-corrected chi connectivity index (χ4v) is 3.55. The number of nitrogens with one attached hydrogen (secondary N) is 1. The van der Waals surface area contributed by atoms with Crippen LogP contribution in [0.3, 0.4) is 0 Å². The second-order valence-corrected chi connectivity index (χ2v) is 6.93. The molecule has 5 nitrogen and oxygen atoms in total. The van der Waals surface area contributed by atoms with Crippen molar-refractivity contribution in [3.8, 4) is 0 Å². The van der Waals surface area contributed by atoms with E-state index in [0.717, 1.165) is 6.61 Å². The Morgan fingerprint density at radius 1 is 1.41 bits per heavy atom. The third-order valence-electron chi connectivity index (χ3n) is 3.72. The topological polar surface area (TPSA) is 67.8 Å². The van der Waals surface area contributed by atoms with Crippen LogP contribution >= 0.6 is 11.8 Å². The molecule has 0 aromatic heterocycles. The maximum absolute atomic E-state index is 11.3. The van der Waals surface area contributed by atoms with Crippen LogP contribution in [0.2, 0.25) is 6.82 Å². The first-order valence-electron chi connectivity index (χ1n) is 8.37. The number of carbonyl (C=O) groups is 1. The quantitative estimate of drug-likeness (QED) is 0.446. The number of ether oxygens (including phenoxy) is 2. The van der Waals surface area contributed by atoms with Crippen LogP contribution in [0.4, 0.5) is 0 Å². The molecule has 0 amide bonds. The van der Waals surface area contributed by atoms with Gasteiger partial charge in [0.25, 0.3) is 0 Å². The first-order valence-corrected chi connectivity index (χ1v) is 9.52. The molecule has 0 bridgehead atoms. The summed E-state index contributed by atoms with van der Waals surface area (Å²) in [6.45, 7) is 5.29. The van der Waals surface area contributed by atoms with E-state index in [1.165, 1.54) is 43.9 Å².